The quantitative estimate of drug-likeness (QED) is 0.122. The first-order valence-electron chi connectivity index (χ1n) is 12.6. The lowest BCUT2D eigenvalue weighted by Crippen LogP contribution is -2.32. The van der Waals surface area contributed by atoms with Crippen molar-refractivity contribution in [2.45, 2.75) is 31.1 Å². The molecule has 4 aromatic rings. The van der Waals surface area contributed by atoms with Gasteiger partial charge in [0.1, 0.15) is 11.5 Å². The first kappa shape index (κ1) is 32.7. The summed E-state index contributed by atoms with van der Waals surface area (Å²) in [5.74, 6) is -2.18. The number of sulfonamides is 1. The van der Waals surface area contributed by atoms with Gasteiger partial charge in [-0.2, -0.15) is 22.6 Å². The van der Waals surface area contributed by atoms with Crippen molar-refractivity contribution in [2.24, 2.45) is 5.10 Å². The molecule has 0 saturated carbocycles. The van der Waals surface area contributed by atoms with E-state index in [2.05, 4.69) is 5.10 Å². The van der Waals surface area contributed by atoms with Crippen LogP contribution >= 0.6 is 23.2 Å². The van der Waals surface area contributed by atoms with Crippen LogP contribution in [0.25, 0.3) is 0 Å². The average Bonchev–Trinajstić information content (AvgIpc) is 3.41. The maximum absolute atomic E-state index is 13.5. The summed E-state index contributed by atoms with van der Waals surface area (Å²) in [5, 5.41) is 5.47. The minimum absolute atomic E-state index is 0.0385. The SMILES string of the molecule is Cc1ccc(CN(Cc2ccc(/C=N/NC(=O)C(=O)Nc3ccc(Cl)c(C(F)(F)F)c3)o2)S(=O)(=O)c2ccc(Cl)cc2)cc1. The summed E-state index contributed by atoms with van der Waals surface area (Å²) in [7, 11) is -3.98. The Morgan fingerprint density at radius 1 is 0.932 bits per heavy atom. The van der Waals surface area contributed by atoms with Gasteiger partial charge in [-0.3, -0.25) is 9.59 Å². The smallest absolute Gasteiger partial charge is 0.417 e. The van der Waals surface area contributed by atoms with Crippen LogP contribution in [0.4, 0.5) is 18.9 Å². The number of rotatable bonds is 9. The molecule has 0 aliphatic heterocycles. The molecule has 2 amide bonds. The summed E-state index contributed by atoms with van der Waals surface area (Å²) in [6.07, 6.45) is -3.69. The fraction of sp³-hybridized carbons (Fsp3) is 0.138. The van der Waals surface area contributed by atoms with Crippen molar-refractivity contribution in [2.75, 3.05) is 5.32 Å². The standard InChI is InChI=1S/C29H23Cl2F3N4O5S/c1-18-2-4-19(5-3-18)16-38(44(41,42)24-11-6-20(30)7-12-24)17-23-10-9-22(43-23)15-35-37-28(40)27(39)36-21-8-13-26(31)25(14-21)29(32,33)34/h2-15H,16-17H2,1H3,(H,36,39)(H,37,40)/b35-15+. The molecule has 9 nitrogen and oxygen atoms in total. The summed E-state index contributed by atoms with van der Waals surface area (Å²) >= 11 is 11.5. The fourth-order valence-electron chi connectivity index (χ4n) is 3.81. The molecule has 0 aliphatic rings. The monoisotopic (exact) mass is 666 g/mol. The van der Waals surface area contributed by atoms with E-state index >= 15 is 0 Å². The van der Waals surface area contributed by atoms with Gasteiger partial charge >= 0.3 is 18.0 Å². The molecule has 0 atom stereocenters. The second kappa shape index (κ2) is 13.6. The maximum atomic E-state index is 13.5. The first-order valence-corrected chi connectivity index (χ1v) is 14.8. The van der Waals surface area contributed by atoms with Gasteiger partial charge in [-0.05, 0) is 67.1 Å². The molecular weight excluding hydrogens is 644 g/mol. The number of hydrogen-bond acceptors (Lipinski definition) is 6. The van der Waals surface area contributed by atoms with Crippen LogP contribution in [0.3, 0.4) is 0 Å². The van der Waals surface area contributed by atoms with Crippen molar-refractivity contribution < 1.29 is 35.6 Å². The minimum atomic E-state index is -4.76. The largest absolute Gasteiger partial charge is 0.459 e. The van der Waals surface area contributed by atoms with Crippen LogP contribution in [0.15, 0.2) is 93.3 Å². The number of carbonyl (C=O) groups is 2. The van der Waals surface area contributed by atoms with Gasteiger partial charge < -0.3 is 9.73 Å². The Morgan fingerprint density at radius 2 is 1.61 bits per heavy atom. The van der Waals surface area contributed by atoms with Crippen molar-refractivity contribution in [3.8, 4) is 0 Å². The van der Waals surface area contributed by atoms with Crippen molar-refractivity contribution in [1.82, 2.24) is 9.73 Å². The van der Waals surface area contributed by atoms with E-state index < -0.39 is 38.6 Å². The average molecular weight is 667 g/mol. The highest BCUT2D eigenvalue weighted by Gasteiger charge is 2.33. The number of hydrogen-bond donors (Lipinski definition) is 2. The van der Waals surface area contributed by atoms with E-state index in [9.17, 15) is 31.2 Å². The third kappa shape index (κ3) is 8.47. The number of nitrogens with zero attached hydrogens (tertiary/aromatic N) is 2. The minimum Gasteiger partial charge on any atom is -0.459 e. The summed E-state index contributed by atoms with van der Waals surface area (Å²) in [4.78, 5) is 24.3. The molecule has 0 spiro atoms. The van der Waals surface area contributed by atoms with Gasteiger partial charge in [0.2, 0.25) is 10.0 Å². The second-order valence-electron chi connectivity index (χ2n) is 9.36. The third-order valence-corrected chi connectivity index (χ3v) is 8.43. The molecule has 0 radical (unpaired) electrons. The van der Waals surface area contributed by atoms with Gasteiger partial charge in [0.25, 0.3) is 0 Å². The van der Waals surface area contributed by atoms with E-state index in [1.54, 1.807) is 0 Å². The molecule has 0 aliphatic carbocycles. The van der Waals surface area contributed by atoms with E-state index in [1.165, 1.54) is 40.7 Å². The molecule has 0 bridgehead atoms. The Labute approximate surface area is 260 Å². The molecular formula is C29H23Cl2F3N4O5S. The number of anilines is 1. The Bertz CT molecular complexity index is 1790. The topological polar surface area (TPSA) is 121 Å². The third-order valence-electron chi connectivity index (χ3n) is 6.04. The predicted octanol–water partition coefficient (Wildman–Crippen LogP) is 6.39. The van der Waals surface area contributed by atoms with Crippen LogP contribution in [0.5, 0.6) is 0 Å². The fourth-order valence-corrected chi connectivity index (χ4v) is 5.56. The van der Waals surface area contributed by atoms with Crippen molar-refractivity contribution in [3.63, 3.8) is 0 Å². The van der Waals surface area contributed by atoms with Crippen LogP contribution in [0, 0.1) is 6.92 Å². The summed E-state index contributed by atoms with van der Waals surface area (Å²) in [5.41, 5.74) is 2.22. The van der Waals surface area contributed by atoms with Crippen molar-refractivity contribution in [1.29, 1.82) is 0 Å². The lowest BCUT2D eigenvalue weighted by molar-refractivity contribution is -0.137. The first-order chi connectivity index (χ1) is 20.7. The van der Waals surface area contributed by atoms with Gasteiger partial charge in [-0.1, -0.05) is 53.0 Å². The van der Waals surface area contributed by atoms with Gasteiger partial charge in [0, 0.05) is 17.3 Å². The predicted molar refractivity (Wildman–Crippen MR) is 159 cm³/mol. The lowest BCUT2D eigenvalue weighted by atomic mass is 10.1. The highest BCUT2D eigenvalue weighted by molar-refractivity contribution is 7.89. The molecule has 44 heavy (non-hydrogen) atoms. The number of nitrogens with one attached hydrogen (secondary N) is 2. The van der Waals surface area contributed by atoms with E-state index in [-0.39, 0.29) is 35.2 Å². The number of hydrazone groups is 1. The molecule has 4 rings (SSSR count). The Kier molecular flexibility index (Phi) is 10.1. The molecule has 2 N–H and O–H groups in total. The van der Waals surface area contributed by atoms with E-state index in [1.807, 2.05) is 41.9 Å². The second-order valence-corrected chi connectivity index (χ2v) is 12.1. The molecule has 0 unspecified atom stereocenters. The number of alkyl halides is 3. The summed E-state index contributed by atoms with van der Waals surface area (Å²) in [6, 6.07) is 18.8. The maximum Gasteiger partial charge on any atom is 0.417 e. The molecule has 3 aromatic carbocycles. The zero-order chi connectivity index (χ0) is 32.1. The summed E-state index contributed by atoms with van der Waals surface area (Å²) in [6.45, 7) is 1.81. The van der Waals surface area contributed by atoms with Crippen molar-refractivity contribution in [3.05, 3.63) is 117 Å². The lowest BCUT2D eigenvalue weighted by Gasteiger charge is -2.21. The van der Waals surface area contributed by atoms with Crippen LogP contribution < -0.4 is 10.7 Å². The summed E-state index contributed by atoms with van der Waals surface area (Å²) < 4.78 is 73.1. The Hall–Kier alpha value is -4.17. The number of halogens is 5. The molecule has 0 saturated heterocycles. The van der Waals surface area contributed by atoms with Gasteiger partial charge in [-0.15, -0.1) is 0 Å². The molecule has 1 heterocycles. The molecule has 0 fully saturated rings. The Balaban J connectivity index is 1.43. The zero-order valence-corrected chi connectivity index (χ0v) is 25.1. The zero-order valence-electron chi connectivity index (χ0n) is 22.7. The van der Waals surface area contributed by atoms with E-state index in [0.717, 1.165) is 29.5 Å². The van der Waals surface area contributed by atoms with Gasteiger partial charge in [-0.25, -0.2) is 13.8 Å². The van der Waals surface area contributed by atoms with E-state index in [4.69, 9.17) is 27.6 Å². The van der Waals surface area contributed by atoms with Crippen LogP contribution in [0.1, 0.15) is 28.2 Å². The number of furan rings is 1. The number of benzene rings is 3. The molecule has 230 valence electrons. The van der Waals surface area contributed by atoms with Gasteiger partial charge in [0.05, 0.1) is 28.2 Å². The highest BCUT2D eigenvalue weighted by atomic mass is 35.5. The van der Waals surface area contributed by atoms with Crippen molar-refractivity contribution >= 4 is 56.9 Å². The number of carbonyl (C=O) groups excluding carboxylic acids is 2. The van der Waals surface area contributed by atoms with Crippen LogP contribution in [0.2, 0.25) is 10.0 Å². The van der Waals surface area contributed by atoms with Crippen LogP contribution in [-0.4, -0.2) is 30.8 Å². The van der Waals surface area contributed by atoms with Gasteiger partial charge in [0.15, 0.2) is 0 Å². The molecule has 15 heteroatoms. The number of aryl methyl sites for hydroxylation is 1. The normalized spacial score (nSPS) is 12.1. The Morgan fingerprint density at radius 3 is 2.27 bits per heavy atom. The molecule has 1 aromatic heterocycles. The van der Waals surface area contributed by atoms with E-state index in [0.29, 0.717) is 11.1 Å². The van der Waals surface area contributed by atoms with Crippen LogP contribution in [-0.2, 0) is 38.9 Å². The highest BCUT2D eigenvalue weighted by Crippen LogP contribution is 2.36. The number of amides is 2.